The van der Waals surface area contributed by atoms with E-state index >= 15 is 0 Å². The smallest absolute Gasteiger partial charge is 0.291 e. The van der Waals surface area contributed by atoms with Gasteiger partial charge in [-0.3, -0.25) is 9.59 Å². The molecule has 0 unspecified atom stereocenters. The standard InChI is InChI=1S/C26H18BrNO5/c1-14-2-8-19-18(10-14)24(29)22-23(16-4-6-17(27)7-5-16)28(26(30)25(22)33-19)12-15-3-9-20-21(11-15)32-13-31-20/h2-11,23H,12-13H2,1H3/t23-/m1/s1. The highest BCUT2D eigenvalue weighted by atomic mass is 79.9. The van der Waals surface area contributed by atoms with E-state index in [0.29, 0.717) is 28.0 Å². The van der Waals surface area contributed by atoms with Crippen molar-refractivity contribution in [2.24, 2.45) is 0 Å². The fourth-order valence-electron chi connectivity index (χ4n) is 4.52. The maximum Gasteiger partial charge on any atom is 0.291 e. The molecule has 0 fully saturated rings. The number of hydrogen-bond acceptors (Lipinski definition) is 5. The minimum Gasteiger partial charge on any atom is -0.454 e. The molecule has 7 heteroatoms. The number of hydrogen-bond donors (Lipinski definition) is 0. The van der Waals surface area contributed by atoms with Crippen LogP contribution < -0.4 is 14.9 Å². The van der Waals surface area contributed by atoms with Gasteiger partial charge in [0.15, 0.2) is 16.9 Å². The molecule has 0 aliphatic carbocycles. The summed E-state index contributed by atoms with van der Waals surface area (Å²) in [6.07, 6.45) is 0. The molecule has 0 spiro atoms. The van der Waals surface area contributed by atoms with Crippen LogP contribution >= 0.6 is 15.9 Å². The Kier molecular flexibility index (Phi) is 4.55. The zero-order valence-corrected chi connectivity index (χ0v) is 19.2. The predicted octanol–water partition coefficient (Wildman–Crippen LogP) is 5.34. The van der Waals surface area contributed by atoms with E-state index in [1.54, 1.807) is 11.0 Å². The molecule has 0 radical (unpaired) electrons. The Balaban J connectivity index is 1.52. The lowest BCUT2D eigenvalue weighted by Crippen LogP contribution is -2.29. The van der Waals surface area contributed by atoms with E-state index in [9.17, 15) is 9.59 Å². The highest BCUT2D eigenvalue weighted by molar-refractivity contribution is 9.10. The van der Waals surface area contributed by atoms with E-state index in [0.717, 1.165) is 21.2 Å². The van der Waals surface area contributed by atoms with Crippen molar-refractivity contribution >= 4 is 32.8 Å². The Bertz CT molecular complexity index is 1490. The van der Waals surface area contributed by atoms with E-state index < -0.39 is 6.04 Å². The molecule has 3 aromatic carbocycles. The molecule has 2 aliphatic rings. The first kappa shape index (κ1) is 20.1. The second kappa shape index (κ2) is 7.49. The molecule has 1 aromatic heterocycles. The van der Waals surface area contributed by atoms with Crippen molar-refractivity contribution in [3.63, 3.8) is 0 Å². The molecule has 1 atom stereocenters. The van der Waals surface area contributed by atoms with Gasteiger partial charge >= 0.3 is 0 Å². The molecular weight excluding hydrogens is 486 g/mol. The summed E-state index contributed by atoms with van der Waals surface area (Å²) in [7, 11) is 0. The monoisotopic (exact) mass is 503 g/mol. The summed E-state index contributed by atoms with van der Waals surface area (Å²) in [5.74, 6) is 1.12. The van der Waals surface area contributed by atoms with Crippen molar-refractivity contribution in [1.82, 2.24) is 4.90 Å². The normalized spacial score (nSPS) is 16.5. The van der Waals surface area contributed by atoms with E-state index in [1.807, 2.05) is 61.5 Å². The van der Waals surface area contributed by atoms with Crippen molar-refractivity contribution < 1.29 is 18.7 Å². The van der Waals surface area contributed by atoms with Gasteiger partial charge in [-0.15, -0.1) is 0 Å². The van der Waals surface area contributed by atoms with Crippen LogP contribution in [0.2, 0.25) is 0 Å². The van der Waals surface area contributed by atoms with Gasteiger partial charge in [-0.1, -0.05) is 45.8 Å². The van der Waals surface area contributed by atoms with Crippen LogP contribution in [0.15, 0.2) is 74.3 Å². The first-order chi connectivity index (χ1) is 16.0. The second-order valence-electron chi connectivity index (χ2n) is 8.25. The SMILES string of the molecule is Cc1ccc2oc3c(c(=O)c2c1)[C@@H](c1ccc(Br)cc1)N(Cc1ccc2c(c1)OCO2)C3=O. The Morgan fingerprint density at radius 1 is 0.970 bits per heavy atom. The van der Waals surface area contributed by atoms with Gasteiger partial charge in [-0.05, 0) is 54.4 Å². The van der Waals surface area contributed by atoms with Gasteiger partial charge in [0.2, 0.25) is 12.6 Å². The average Bonchev–Trinajstić information content (AvgIpc) is 3.38. The zero-order valence-electron chi connectivity index (χ0n) is 17.6. The third-order valence-corrected chi connectivity index (χ3v) is 6.63. The number of amides is 1. The van der Waals surface area contributed by atoms with Gasteiger partial charge in [-0.2, -0.15) is 0 Å². The van der Waals surface area contributed by atoms with Crippen LogP contribution in [-0.2, 0) is 6.54 Å². The average molecular weight is 504 g/mol. The molecular formula is C26H18BrNO5. The van der Waals surface area contributed by atoms with Crippen molar-refractivity contribution in [3.8, 4) is 11.5 Å². The largest absolute Gasteiger partial charge is 0.454 e. The quantitative estimate of drug-likeness (QED) is 0.377. The van der Waals surface area contributed by atoms with Crippen molar-refractivity contribution in [2.75, 3.05) is 6.79 Å². The van der Waals surface area contributed by atoms with Crippen molar-refractivity contribution in [3.05, 3.63) is 103 Å². The van der Waals surface area contributed by atoms with E-state index in [2.05, 4.69) is 15.9 Å². The summed E-state index contributed by atoms with van der Waals surface area (Å²) >= 11 is 3.46. The first-order valence-electron chi connectivity index (χ1n) is 10.5. The third-order valence-electron chi connectivity index (χ3n) is 6.10. The lowest BCUT2D eigenvalue weighted by Gasteiger charge is -2.25. The number of fused-ring (bicyclic) bond motifs is 3. The molecule has 4 aromatic rings. The van der Waals surface area contributed by atoms with Crippen LogP contribution in [0.4, 0.5) is 0 Å². The molecule has 33 heavy (non-hydrogen) atoms. The molecule has 0 N–H and O–H groups in total. The first-order valence-corrected chi connectivity index (χ1v) is 11.3. The highest BCUT2D eigenvalue weighted by Gasteiger charge is 2.42. The molecule has 0 bridgehead atoms. The van der Waals surface area contributed by atoms with Crippen LogP contribution in [0, 0.1) is 6.92 Å². The number of benzene rings is 3. The highest BCUT2D eigenvalue weighted by Crippen LogP contribution is 2.40. The van der Waals surface area contributed by atoms with Crippen LogP contribution in [0.25, 0.3) is 11.0 Å². The molecule has 0 saturated heterocycles. The van der Waals surface area contributed by atoms with Crippen LogP contribution in [0.5, 0.6) is 11.5 Å². The van der Waals surface area contributed by atoms with E-state index in [4.69, 9.17) is 13.9 Å². The fraction of sp³-hybridized carbons (Fsp3) is 0.154. The zero-order chi connectivity index (χ0) is 22.7. The van der Waals surface area contributed by atoms with Gasteiger partial charge in [0.1, 0.15) is 5.58 Å². The maximum absolute atomic E-state index is 13.6. The number of carbonyl (C=O) groups excluding carboxylic acids is 1. The molecule has 2 aliphatic heterocycles. The minimum absolute atomic E-state index is 0.102. The summed E-state index contributed by atoms with van der Waals surface area (Å²) in [6.45, 7) is 2.39. The second-order valence-corrected chi connectivity index (χ2v) is 9.16. The molecule has 3 heterocycles. The van der Waals surface area contributed by atoms with Crippen LogP contribution in [-0.4, -0.2) is 17.6 Å². The van der Waals surface area contributed by atoms with Gasteiger partial charge in [0.05, 0.1) is 17.0 Å². The van der Waals surface area contributed by atoms with Gasteiger partial charge in [0, 0.05) is 11.0 Å². The van der Waals surface area contributed by atoms with E-state index in [-0.39, 0.29) is 30.4 Å². The van der Waals surface area contributed by atoms with Crippen LogP contribution in [0.1, 0.15) is 38.9 Å². The summed E-state index contributed by atoms with van der Waals surface area (Å²) in [6, 6.07) is 18.1. The minimum atomic E-state index is -0.563. The third kappa shape index (κ3) is 3.23. The Morgan fingerprint density at radius 3 is 2.58 bits per heavy atom. The molecule has 6 rings (SSSR count). The fourth-order valence-corrected chi connectivity index (χ4v) is 4.79. The lowest BCUT2D eigenvalue weighted by atomic mass is 9.98. The van der Waals surface area contributed by atoms with Gasteiger partial charge in [0.25, 0.3) is 5.91 Å². The molecule has 0 saturated carbocycles. The summed E-state index contributed by atoms with van der Waals surface area (Å²) in [4.78, 5) is 28.9. The Hall–Kier alpha value is -3.58. The topological polar surface area (TPSA) is 69.0 Å². The summed E-state index contributed by atoms with van der Waals surface area (Å²) in [5.41, 5.74) is 3.28. The Labute approximate surface area is 197 Å². The Morgan fingerprint density at radius 2 is 1.76 bits per heavy atom. The maximum atomic E-state index is 13.6. The number of carbonyl (C=O) groups is 1. The summed E-state index contributed by atoms with van der Waals surface area (Å²) in [5, 5.41) is 0.480. The number of nitrogens with zero attached hydrogens (tertiary/aromatic N) is 1. The lowest BCUT2D eigenvalue weighted by molar-refractivity contribution is 0.0714. The molecule has 164 valence electrons. The number of rotatable bonds is 3. The molecule has 6 nitrogen and oxygen atoms in total. The van der Waals surface area contributed by atoms with Crippen molar-refractivity contribution in [1.29, 1.82) is 0 Å². The van der Waals surface area contributed by atoms with Gasteiger partial charge in [-0.25, -0.2) is 0 Å². The molecule has 1 amide bonds. The van der Waals surface area contributed by atoms with E-state index in [1.165, 1.54) is 0 Å². The predicted molar refractivity (Wildman–Crippen MR) is 126 cm³/mol. The van der Waals surface area contributed by atoms with Crippen LogP contribution in [0.3, 0.4) is 0 Å². The van der Waals surface area contributed by atoms with Gasteiger partial charge < -0.3 is 18.8 Å². The number of aryl methyl sites for hydroxylation is 1. The number of halogens is 1. The summed E-state index contributed by atoms with van der Waals surface area (Å²) < 4.78 is 17.8. The van der Waals surface area contributed by atoms with Crippen molar-refractivity contribution in [2.45, 2.75) is 19.5 Å². The number of ether oxygens (including phenoxy) is 2.